The molecule has 2 aromatic rings. The molecule has 2 aromatic carbocycles. The minimum absolute atomic E-state index is 0.370. The van der Waals surface area contributed by atoms with Crippen molar-refractivity contribution in [2.75, 3.05) is 7.05 Å². The molecule has 3 rings (SSSR count). The highest BCUT2D eigenvalue weighted by Gasteiger charge is 2.26. The van der Waals surface area contributed by atoms with Crippen LogP contribution in [0, 0.1) is 0 Å². The average molecular weight is 392 g/mol. The van der Waals surface area contributed by atoms with Crippen molar-refractivity contribution >= 4 is 32.0 Å². The number of rotatable bonds is 4. The van der Waals surface area contributed by atoms with Crippen molar-refractivity contribution in [1.82, 2.24) is 4.31 Å². The van der Waals surface area contributed by atoms with Gasteiger partial charge in [0.1, 0.15) is 0 Å². The second-order valence-corrected chi connectivity index (χ2v) is 8.71. The summed E-state index contributed by atoms with van der Waals surface area (Å²) in [4.78, 5) is 0.496. The van der Waals surface area contributed by atoms with E-state index in [0.717, 1.165) is 22.0 Å². The molecule has 3 nitrogen and oxygen atoms in total. The van der Waals surface area contributed by atoms with Crippen molar-refractivity contribution in [2.24, 2.45) is 0 Å². The molecule has 0 amide bonds. The van der Waals surface area contributed by atoms with Crippen molar-refractivity contribution in [2.45, 2.75) is 19.4 Å². The lowest BCUT2D eigenvalue weighted by Gasteiger charge is -2.22. The zero-order chi connectivity index (χ0) is 16.4. The summed E-state index contributed by atoms with van der Waals surface area (Å²) in [5, 5.41) is 0. The van der Waals surface area contributed by atoms with Gasteiger partial charge in [-0.3, -0.25) is 0 Å². The molecule has 0 aliphatic heterocycles. The Morgan fingerprint density at radius 2 is 1.74 bits per heavy atom. The minimum Gasteiger partial charge on any atom is -0.207 e. The lowest BCUT2D eigenvalue weighted by molar-refractivity contribution is 0.471. The molecule has 0 N–H and O–H groups in total. The molecule has 1 aliphatic carbocycles. The maximum absolute atomic E-state index is 12.8. The SMILES string of the molecule is CN(Cc1ccc(Br)cc1)S(=O)(=O)C1=Cc2ccccc2CC1. The van der Waals surface area contributed by atoms with Crippen LogP contribution < -0.4 is 0 Å². The van der Waals surface area contributed by atoms with Gasteiger partial charge in [0.15, 0.2) is 0 Å². The number of fused-ring (bicyclic) bond motifs is 1. The van der Waals surface area contributed by atoms with E-state index in [1.807, 2.05) is 48.5 Å². The largest absolute Gasteiger partial charge is 0.239 e. The second kappa shape index (κ2) is 6.59. The number of hydrogen-bond donors (Lipinski definition) is 0. The third-order valence-electron chi connectivity index (χ3n) is 4.07. The molecule has 0 unspecified atom stereocenters. The van der Waals surface area contributed by atoms with Gasteiger partial charge in [-0.15, -0.1) is 0 Å². The molecule has 0 aromatic heterocycles. The van der Waals surface area contributed by atoms with Crippen LogP contribution >= 0.6 is 15.9 Å². The van der Waals surface area contributed by atoms with Crippen LogP contribution in [0.1, 0.15) is 23.1 Å². The van der Waals surface area contributed by atoms with Gasteiger partial charge in [0.2, 0.25) is 10.0 Å². The third kappa shape index (κ3) is 3.57. The molecule has 1 aliphatic rings. The summed E-state index contributed by atoms with van der Waals surface area (Å²) in [5.41, 5.74) is 3.19. The Hall–Kier alpha value is -1.43. The monoisotopic (exact) mass is 391 g/mol. The summed E-state index contributed by atoms with van der Waals surface area (Å²) in [6.07, 6.45) is 3.14. The average Bonchev–Trinajstić information content (AvgIpc) is 2.56. The van der Waals surface area contributed by atoms with Gasteiger partial charge in [-0.1, -0.05) is 52.3 Å². The first-order chi connectivity index (χ1) is 11.0. The second-order valence-electron chi connectivity index (χ2n) is 5.70. The van der Waals surface area contributed by atoms with E-state index >= 15 is 0 Å². The van der Waals surface area contributed by atoms with E-state index in [-0.39, 0.29) is 0 Å². The highest BCUT2D eigenvalue weighted by molar-refractivity contribution is 9.10. The lowest BCUT2D eigenvalue weighted by Crippen LogP contribution is -2.28. The topological polar surface area (TPSA) is 37.4 Å². The fourth-order valence-electron chi connectivity index (χ4n) is 2.74. The van der Waals surface area contributed by atoms with Crippen LogP contribution in [-0.2, 0) is 23.0 Å². The normalized spacial score (nSPS) is 14.5. The number of aryl methyl sites for hydroxylation is 1. The van der Waals surface area contributed by atoms with E-state index in [1.54, 1.807) is 7.05 Å². The lowest BCUT2D eigenvalue weighted by atomic mass is 9.98. The van der Waals surface area contributed by atoms with E-state index in [4.69, 9.17) is 0 Å². The first-order valence-electron chi connectivity index (χ1n) is 7.46. The Bertz CT molecular complexity index is 842. The van der Waals surface area contributed by atoms with Crippen LogP contribution in [0.5, 0.6) is 0 Å². The number of allylic oxidation sites excluding steroid dienone is 1. The summed E-state index contributed by atoms with van der Waals surface area (Å²) in [5.74, 6) is 0. The van der Waals surface area contributed by atoms with E-state index in [2.05, 4.69) is 22.0 Å². The Balaban J connectivity index is 1.84. The van der Waals surface area contributed by atoms with Crippen molar-refractivity contribution in [3.05, 3.63) is 74.6 Å². The first kappa shape index (κ1) is 16.4. The van der Waals surface area contributed by atoms with Crippen LogP contribution in [0.4, 0.5) is 0 Å². The molecule has 0 atom stereocenters. The Labute approximate surface area is 145 Å². The van der Waals surface area contributed by atoms with Crippen LogP contribution in [0.15, 0.2) is 57.9 Å². The molecule has 0 fully saturated rings. The third-order valence-corrected chi connectivity index (χ3v) is 6.54. The number of halogens is 1. The summed E-state index contributed by atoms with van der Waals surface area (Å²) < 4.78 is 28.0. The van der Waals surface area contributed by atoms with Gasteiger partial charge >= 0.3 is 0 Å². The smallest absolute Gasteiger partial charge is 0.207 e. The summed E-state index contributed by atoms with van der Waals surface area (Å²) in [7, 11) is -1.79. The molecule has 0 saturated heterocycles. The molecule has 0 heterocycles. The van der Waals surface area contributed by atoms with E-state index < -0.39 is 10.0 Å². The van der Waals surface area contributed by atoms with E-state index in [1.165, 1.54) is 9.87 Å². The molecular formula is C18H18BrNO2S. The molecule has 0 saturated carbocycles. The summed E-state index contributed by atoms with van der Waals surface area (Å²) in [6.45, 7) is 0.370. The maximum Gasteiger partial charge on any atom is 0.239 e. The van der Waals surface area contributed by atoms with Gasteiger partial charge in [0, 0.05) is 18.1 Å². The van der Waals surface area contributed by atoms with Gasteiger partial charge in [-0.05, 0) is 47.7 Å². The predicted molar refractivity (Wildman–Crippen MR) is 97.3 cm³/mol. The molecule has 120 valence electrons. The molecular weight excluding hydrogens is 374 g/mol. The van der Waals surface area contributed by atoms with E-state index in [9.17, 15) is 8.42 Å². The fourth-order valence-corrected chi connectivity index (χ4v) is 4.36. The van der Waals surface area contributed by atoms with Crippen LogP contribution in [0.25, 0.3) is 6.08 Å². The highest BCUT2D eigenvalue weighted by Crippen LogP contribution is 2.29. The molecule has 0 radical (unpaired) electrons. The maximum atomic E-state index is 12.8. The summed E-state index contributed by atoms with van der Waals surface area (Å²) in [6, 6.07) is 15.7. The highest BCUT2D eigenvalue weighted by atomic mass is 79.9. The Morgan fingerprint density at radius 3 is 2.48 bits per heavy atom. The van der Waals surface area contributed by atoms with Crippen molar-refractivity contribution in [3.8, 4) is 0 Å². The van der Waals surface area contributed by atoms with Crippen molar-refractivity contribution < 1.29 is 8.42 Å². The fraction of sp³-hybridized carbons (Fsp3) is 0.222. The van der Waals surface area contributed by atoms with Crippen molar-refractivity contribution in [1.29, 1.82) is 0 Å². The number of nitrogens with zero attached hydrogens (tertiary/aromatic N) is 1. The predicted octanol–water partition coefficient (Wildman–Crippen LogP) is 4.20. The van der Waals surface area contributed by atoms with Gasteiger partial charge in [0.05, 0.1) is 4.91 Å². The van der Waals surface area contributed by atoms with Gasteiger partial charge in [0.25, 0.3) is 0 Å². The van der Waals surface area contributed by atoms with Crippen LogP contribution in [-0.4, -0.2) is 19.8 Å². The first-order valence-corrected chi connectivity index (χ1v) is 9.69. The zero-order valence-electron chi connectivity index (χ0n) is 12.9. The number of benzene rings is 2. The molecule has 0 bridgehead atoms. The van der Waals surface area contributed by atoms with Gasteiger partial charge in [-0.2, -0.15) is 4.31 Å². The summed E-state index contributed by atoms with van der Waals surface area (Å²) >= 11 is 3.39. The van der Waals surface area contributed by atoms with Gasteiger partial charge < -0.3 is 0 Å². The van der Waals surface area contributed by atoms with Crippen molar-refractivity contribution in [3.63, 3.8) is 0 Å². The standard InChI is InChI=1S/C18H18BrNO2S/c1-20(13-14-6-9-17(19)10-7-14)23(21,22)18-11-8-15-4-2-3-5-16(15)12-18/h2-7,9-10,12H,8,11,13H2,1H3. The quantitative estimate of drug-likeness (QED) is 0.782. The zero-order valence-corrected chi connectivity index (χ0v) is 15.3. The molecule has 0 spiro atoms. The molecule has 23 heavy (non-hydrogen) atoms. The minimum atomic E-state index is -3.43. The Kier molecular flexibility index (Phi) is 4.71. The number of hydrogen-bond acceptors (Lipinski definition) is 2. The van der Waals surface area contributed by atoms with E-state index in [0.29, 0.717) is 17.9 Å². The Morgan fingerprint density at radius 1 is 1.04 bits per heavy atom. The number of sulfonamides is 1. The van der Waals surface area contributed by atoms with Crippen LogP contribution in [0.2, 0.25) is 0 Å². The van der Waals surface area contributed by atoms with Gasteiger partial charge in [-0.25, -0.2) is 8.42 Å². The van der Waals surface area contributed by atoms with Crippen LogP contribution in [0.3, 0.4) is 0 Å². The molecule has 5 heteroatoms.